The van der Waals surface area contributed by atoms with Crippen molar-refractivity contribution in [2.24, 2.45) is 5.92 Å². The molecule has 6 heteroatoms. The minimum absolute atomic E-state index is 0.135. The number of aliphatic hydroxyl groups is 1. The van der Waals surface area contributed by atoms with E-state index in [1.54, 1.807) is 6.26 Å². The van der Waals surface area contributed by atoms with Crippen molar-refractivity contribution in [2.75, 3.05) is 18.6 Å². The predicted molar refractivity (Wildman–Crippen MR) is 120 cm³/mol. The average Bonchev–Trinajstić information content (AvgIpc) is 2.69. The highest BCUT2D eigenvalue weighted by Crippen LogP contribution is 2.21. The Bertz CT molecular complexity index is 635. The van der Waals surface area contributed by atoms with Crippen LogP contribution < -0.4 is 0 Å². The fraction of sp³-hybridized carbons (Fsp3) is 0.565. The Morgan fingerprint density at radius 1 is 1.34 bits per heavy atom. The van der Waals surface area contributed by atoms with Crippen LogP contribution in [0, 0.1) is 5.92 Å². The van der Waals surface area contributed by atoms with E-state index in [9.17, 15) is 14.7 Å². The van der Waals surface area contributed by atoms with Crippen LogP contribution in [0.1, 0.15) is 45.1 Å². The monoisotopic (exact) mass is 421 g/mol. The summed E-state index contributed by atoms with van der Waals surface area (Å²) >= 11 is 1.31. The number of aliphatic hydroxyl groups excluding tert-OH is 1. The molecule has 0 bridgehead atoms. The summed E-state index contributed by atoms with van der Waals surface area (Å²) in [6.07, 6.45) is 9.45. The Balaban J connectivity index is 0.000000612. The van der Waals surface area contributed by atoms with Crippen LogP contribution in [-0.2, 0) is 16.0 Å². The van der Waals surface area contributed by atoms with Crippen LogP contribution in [0.25, 0.3) is 0 Å². The molecule has 1 aliphatic rings. The molecule has 2 N–H and O–H groups in total. The van der Waals surface area contributed by atoms with E-state index in [1.807, 2.05) is 47.4 Å². The molecule has 0 radical (unpaired) electrons. The Morgan fingerprint density at radius 2 is 2.03 bits per heavy atom. The van der Waals surface area contributed by atoms with E-state index in [0.29, 0.717) is 18.8 Å². The summed E-state index contributed by atoms with van der Waals surface area (Å²) < 4.78 is 0. The van der Waals surface area contributed by atoms with Gasteiger partial charge in [-0.25, -0.2) is 0 Å². The van der Waals surface area contributed by atoms with Crippen molar-refractivity contribution < 1.29 is 19.8 Å². The maximum atomic E-state index is 12.2. The van der Waals surface area contributed by atoms with E-state index in [1.165, 1.54) is 11.8 Å². The number of amides is 1. The second kappa shape index (κ2) is 14.2. The summed E-state index contributed by atoms with van der Waals surface area (Å²) in [5.74, 6) is 0.230. The number of likely N-dealkylation sites (tertiary alicyclic amines) is 1. The van der Waals surface area contributed by atoms with Crippen LogP contribution in [0.4, 0.5) is 0 Å². The molecule has 0 spiro atoms. The van der Waals surface area contributed by atoms with Crippen LogP contribution in [0.5, 0.6) is 0 Å². The third-order valence-electron chi connectivity index (χ3n) is 4.93. The van der Waals surface area contributed by atoms with Gasteiger partial charge >= 0.3 is 5.97 Å². The molecule has 5 nitrogen and oxygen atoms in total. The number of carboxylic acid groups (broad SMARTS) is 1. The van der Waals surface area contributed by atoms with Gasteiger partial charge in [0.15, 0.2) is 0 Å². The molecule has 162 valence electrons. The number of rotatable bonds is 9. The summed E-state index contributed by atoms with van der Waals surface area (Å²) in [7, 11) is 0. The van der Waals surface area contributed by atoms with Gasteiger partial charge in [-0.15, -0.1) is 0 Å². The molecule has 1 fully saturated rings. The zero-order chi connectivity index (χ0) is 21.6. The molecule has 1 unspecified atom stereocenters. The molecule has 1 saturated heterocycles. The van der Waals surface area contributed by atoms with Gasteiger partial charge < -0.3 is 15.1 Å². The number of nitrogens with zero attached hydrogens (tertiary/aromatic N) is 1. The fourth-order valence-corrected chi connectivity index (χ4v) is 3.40. The van der Waals surface area contributed by atoms with Gasteiger partial charge in [-0.1, -0.05) is 62.8 Å². The zero-order valence-electron chi connectivity index (χ0n) is 17.8. The largest absolute Gasteiger partial charge is 0.481 e. The lowest BCUT2D eigenvalue weighted by Gasteiger charge is -2.35. The van der Waals surface area contributed by atoms with Crippen molar-refractivity contribution in [3.63, 3.8) is 0 Å². The van der Waals surface area contributed by atoms with Crippen LogP contribution in [-0.4, -0.2) is 57.7 Å². The first-order valence-electron chi connectivity index (χ1n) is 10.3. The molecule has 1 amide bonds. The molecule has 1 aromatic rings. The van der Waals surface area contributed by atoms with Crippen molar-refractivity contribution >= 4 is 23.6 Å². The van der Waals surface area contributed by atoms with Gasteiger partial charge in [0.25, 0.3) is 0 Å². The van der Waals surface area contributed by atoms with Crippen molar-refractivity contribution in [3.05, 3.63) is 48.0 Å². The molecular formula is C23H35NO4S. The number of aliphatic carboxylic acids is 1. The number of piperidine rings is 1. The van der Waals surface area contributed by atoms with Crippen LogP contribution >= 0.6 is 11.8 Å². The Hall–Kier alpha value is -1.79. The highest BCUT2D eigenvalue weighted by molar-refractivity contribution is 7.99. The van der Waals surface area contributed by atoms with Gasteiger partial charge in [-0.3, -0.25) is 9.59 Å². The number of carboxylic acids is 1. The van der Waals surface area contributed by atoms with Gasteiger partial charge in [0.1, 0.15) is 0 Å². The minimum Gasteiger partial charge on any atom is -0.481 e. The summed E-state index contributed by atoms with van der Waals surface area (Å²) in [6.45, 7) is 5.17. The SMILES string of the molecule is CC[C@H](C)CN1C(=O)CCC[C@@H]1/C=C/C(O)Cc1ccccc1.CSCC(=O)O. The number of carbonyl (C=O) groups is 2. The topological polar surface area (TPSA) is 77.8 Å². The molecule has 1 heterocycles. The molecule has 1 aromatic carbocycles. The third-order valence-corrected chi connectivity index (χ3v) is 5.46. The molecule has 2 rings (SSSR count). The minimum atomic E-state index is -0.748. The molecule has 3 atom stereocenters. The van der Waals surface area contributed by atoms with Crippen LogP contribution in [0.15, 0.2) is 42.5 Å². The number of thioether (sulfide) groups is 1. The Kier molecular flexibility index (Phi) is 12.4. The number of hydrogen-bond donors (Lipinski definition) is 2. The third kappa shape index (κ3) is 10.5. The molecular weight excluding hydrogens is 386 g/mol. The van der Waals surface area contributed by atoms with Crippen molar-refractivity contribution in [1.82, 2.24) is 4.90 Å². The fourth-order valence-electron chi connectivity index (χ4n) is 3.15. The van der Waals surface area contributed by atoms with E-state index < -0.39 is 12.1 Å². The number of hydrogen-bond acceptors (Lipinski definition) is 4. The van der Waals surface area contributed by atoms with Crippen LogP contribution in [0.3, 0.4) is 0 Å². The lowest BCUT2D eigenvalue weighted by atomic mass is 9.97. The molecule has 1 aliphatic heterocycles. The van der Waals surface area contributed by atoms with Crippen molar-refractivity contribution in [3.8, 4) is 0 Å². The molecule has 29 heavy (non-hydrogen) atoms. The zero-order valence-corrected chi connectivity index (χ0v) is 18.6. The smallest absolute Gasteiger partial charge is 0.313 e. The van der Waals surface area contributed by atoms with E-state index in [0.717, 1.165) is 31.4 Å². The second-order valence-corrected chi connectivity index (χ2v) is 8.35. The number of benzene rings is 1. The highest BCUT2D eigenvalue weighted by Gasteiger charge is 2.27. The quantitative estimate of drug-likeness (QED) is 0.589. The van der Waals surface area contributed by atoms with E-state index in [-0.39, 0.29) is 17.7 Å². The van der Waals surface area contributed by atoms with Crippen molar-refractivity contribution in [2.45, 2.75) is 58.1 Å². The Morgan fingerprint density at radius 3 is 2.59 bits per heavy atom. The van der Waals surface area contributed by atoms with E-state index >= 15 is 0 Å². The first-order chi connectivity index (χ1) is 13.9. The summed E-state index contributed by atoms with van der Waals surface area (Å²) in [5, 5.41) is 18.1. The average molecular weight is 422 g/mol. The second-order valence-electron chi connectivity index (χ2n) is 7.49. The van der Waals surface area contributed by atoms with Gasteiger partial charge in [-0.2, -0.15) is 11.8 Å². The summed E-state index contributed by atoms with van der Waals surface area (Å²) in [6, 6.07) is 10.1. The van der Waals surface area contributed by atoms with E-state index in [4.69, 9.17) is 5.11 Å². The van der Waals surface area contributed by atoms with Gasteiger partial charge in [0.05, 0.1) is 17.9 Å². The van der Waals surface area contributed by atoms with E-state index in [2.05, 4.69) is 13.8 Å². The normalized spacial score (nSPS) is 18.8. The summed E-state index contributed by atoms with van der Waals surface area (Å²) in [4.78, 5) is 23.8. The van der Waals surface area contributed by atoms with Gasteiger partial charge in [0, 0.05) is 19.4 Å². The van der Waals surface area contributed by atoms with Gasteiger partial charge in [0.2, 0.25) is 5.91 Å². The van der Waals surface area contributed by atoms with Gasteiger partial charge in [-0.05, 0) is 30.6 Å². The van der Waals surface area contributed by atoms with Crippen molar-refractivity contribution in [1.29, 1.82) is 0 Å². The maximum Gasteiger partial charge on any atom is 0.313 e. The summed E-state index contributed by atoms with van der Waals surface area (Å²) in [5.41, 5.74) is 1.13. The maximum absolute atomic E-state index is 12.2. The molecule has 0 aliphatic carbocycles. The first kappa shape index (κ1) is 25.2. The standard InChI is InChI=1S/C20H29NO2.C3H6O2S/c1-3-16(2)15-21-18(10-7-11-20(21)23)12-13-19(22)14-17-8-5-4-6-9-17;1-6-2-3(4)5/h4-6,8-9,12-13,16,18-19,22H,3,7,10-11,14-15H2,1-2H3;2H2,1H3,(H,4,5)/b13-12+;/t16-,18+,19?;/m0./s1. The van der Waals surface area contributed by atoms with Crippen LogP contribution in [0.2, 0.25) is 0 Å². The first-order valence-corrected chi connectivity index (χ1v) is 11.7. The lowest BCUT2D eigenvalue weighted by molar-refractivity contribution is -0.136. The lowest BCUT2D eigenvalue weighted by Crippen LogP contribution is -2.44. The highest BCUT2D eigenvalue weighted by atomic mass is 32.2. The Labute approximate surface area is 179 Å². The molecule has 0 aromatic heterocycles. The predicted octanol–water partition coefficient (Wildman–Crippen LogP) is 4.01. The molecule has 0 saturated carbocycles. The number of carbonyl (C=O) groups excluding carboxylic acids is 1.